The molecule has 2 aromatic carbocycles. The SMILES string of the molecule is O=C(Cn1nnc(-c2cccc(Cl)c2Cl)n1)NN=Cc1c(Cl)cccc1Cl. The van der Waals surface area contributed by atoms with Crippen molar-refractivity contribution in [1.82, 2.24) is 25.6 Å². The Kier molecular flexibility index (Phi) is 6.28. The molecule has 1 amide bonds. The van der Waals surface area contributed by atoms with Gasteiger partial charge >= 0.3 is 0 Å². The molecule has 0 atom stereocenters. The molecule has 3 rings (SSSR count). The van der Waals surface area contributed by atoms with Crippen LogP contribution in [0.15, 0.2) is 41.5 Å². The Labute approximate surface area is 173 Å². The zero-order chi connectivity index (χ0) is 19.4. The number of hydrogen-bond acceptors (Lipinski definition) is 5. The summed E-state index contributed by atoms with van der Waals surface area (Å²) < 4.78 is 0. The minimum absolute atomic E-state index is 0.196. The molecule has 1 N–H and O–H groups in total. The molecule has 0 saturated heterocycles. The molecule has 27 heavy (non-hydrogen) atoms. The lowest BCUT2D eigenvalue weighted by atomic mass is 10.2. The Bertz CT molecular complexity index is 1000. The van der Waals surface area contributed by atoms with Crippen molar-refractivity contribution in [2.24, 2.45) is 5.10 Å². The molecule has 0 aliphatic heterocycles. The fourth-order valence-electron chi connectivity index (χ4n) is 2.06. The molecule has 0 unspecified atom stereocenters. The molecule has 0 aliphatic rings. The maximum absolute atomic E-state index is 12.0. The predicted octanol–water partition coefficient (Wildman–Crippen LogP) is 4.10. The number of rotatable bonds is 5. The first-order chi connectivity index (χ1) is 13.0. The number of carbonyl (C=O) groups is 1. The summed E-state index contributed by atoms with van der Waals surface area (Å²) in [6, 6.07) is 10.1. The highest BCUT2D eigenvalue weighted by atomic mass is 35.5. The molecule has 138 valence electrons. The van der Waals surface area contributed by atoms with Crippen LogP contribution in [0.2, 0.25) is 20.1 Å². The Morgan fingerprint density at radius 2 is 1.74 bits per heavy atom. The van der Waals surface area contributed by atoms with Crippen LogP contribution in [0.1, 0.15) is 5.56 Å². The zero-order valence-corrected chi connectivity index (χ0v) is 16.4. The molecule has 0 aliphatic carbocycles. The van der Waals surface area contributed by atoms with Gasteiger partial charge in [0.25, 0.3) is 5.91 Å². The van der Waals surface area contributed by atoms with Crippen LogP contribution >= 0.6 is 46.4 Å². The fraction of sp³-hybridized carbons (Fsp3) is 0.0625. The lowest BCUT2D eigenvalue weighted by Gasteiger charge is -2.01. The van der Waals surface area contributed by atoms with Crippen LogP contribution in [0.5, 0.6) is 0 Å². The molecule has 0 bridgehead atoms. The number of halogens is 4. The average molecular weight is 444 g/mol. The summed E-state index contributed by atoms with van der Waals surface area (Å²) in [7, 11) is 0. The van der Waals surface area contributed by atoms with Crippen molar-refractivity contribution in [2.45, 2.75) is 6.54 Å². The minimum atomic E-state index is -0.462. The molecule has 1 aromatic heterocycles. The molecule has 1 heterocycles. The van der Waals surface area contributed by atoms with Crippen LogP contribution < -0.4 is 5.43 Å². The van der Waals surface area contributed by atoms with Gasteiger partial charge in [0, 0.05) is 11.1 Å². The number of amides is 1. The first-order valence-electron chi connectivity index (χ1n) is 7.44. The van der Waals surface area contributed by atoms with Crippen LogP contribution in [0, 0.1) is 0 Å². The number of aromatic nitrogens is 4. The molecule has 0 radical (unpaired) electrons. The van der Waals surface area contributed by atoms with Gasteiger partial charge in [-0.25, -0.2) is 5.43 Å². The number of nitrogens with zero attached hydrogens (tertiary/aromatic N) is 5. The van der Waals surface area contributed by atoms with Crippen molar-refractivity contribution in [2.75, 3.05) is 0 Å². The number of hydrazone groups is 1. The molecule has 11 heteroatoms. The topological polar surface area (TPSA) is 85.1 Å². The highest BCUT2D eigenvalue weighted by molar-refractivity contribution is 6.43. The summed E-state index contributed by atoms with van der Waals surface area (Å²) in [5, 5.41) is 17.2. The van der Waals surface area contributed by atoms with E-state index in [0.717, 1.165) is 4.80 Å². The molecular formula is C16H10Cl4N6O. The van der Waals surface area contributed by atoms with Crippen LogP contribution in [0.4, 0.5) is 0 Å². The number of carbonyl (C=O) groups excluding carboxylic acids is 1. The van der Waals surface area contributed by atoms with Gasteiger partial charge in [0.2, 0.25) is 5.82 Å². The van der Waals surface area contributed by atoms with E-state index < -0.39 is 5.91 Å². The average Bonchev–Trinajstić information content (AvgIpc) is 3.08. The summed E-state index contributed by atoms with van der Waals surface area (Å²) >= 11 is 24.1. The summed E-state index contributed by atoms with van der Waals surface area (Å²) in [4.78, 5) is 13.1. The van der Waals surface area contributed by atoms with Gasteiger partial charge in [0.1, 0.15) is 6.54 Å². The lowest BCUT2D eigenvalue weighted by Crippen LogP contribution is -2.24. The van der Waals surface area contributed by atoms with Gasteiger partial charge in [-0.2, -0.15) is 9.90 Å². The van der Waals surface area contributed by atoms with Gasteiger partial charge in [-0.15, -0.1) is 10.2 Å². The van der Waals surface area contributed by atoms with E-state index in [1.54, 1.807) is 36.4 Å². The van der Waals surface area contributed by atoms with E-state index in [1.165, 1.54) is 6.21 Å². The van der Waals surface area contributed by atoms with Crippen LogP contribution in [0.25, 0.3) is 11.4 Å². The van der Waals surface area contributed by atoms with Crippen molar-refractivity contribution in [1.29, 1.82) is 0 Å². The molecule has 3 aromatic rings. The third-order valence-electron chi connectivity index (χ3n) is 3.31. The van der Waals surface area contributed by atoms with Crippen LogP contribution in [0.3, 0.4) is 0 Å². The number of nitrogens with one attached hydrogen (secondary N) is 1. The second kappa shape index (κ2) is 8.67. The maximum Gasteiger partial charge on any atom is 0.263 e. The summed E-state index contributed by atoms with van der Waals surface area (Å²) in [6.45, 7) is -0.196. The predicted molar refractivity (Wildman–Crippen MR) is 105 cm³/mol. The summed E-state index contributed by atoms with van der Waals surface area (Å²) in [5.41, 5.74) is 3.36. The van der Waals surface area contributed by atoms with E-state index in [-0.39, 0.29) is 12.4 Å². The van der Waals surface area contributed by atoms with E-state index in [4.69, 9.17) is 46.4 Å². The smallest absolute Gasteiger partial charge is 0.263 e. The first kappa shape index (κ1) is 19.6. The van der Waals surface area contributed by atoms with Gasteiger partial charge in [0.05, 0.1) is 26.3 Å². The second-order valence-electron chi connectivity index (χ2n) is 5.17. The molecule has 0 spiro atoms. The highest BCUT2D eigenvalue weighted by Crippen LogP contribution is 2.31. The van der Waals surface area contributed by atoms with Crippen molar-refractivity contribution in [3.63, 3.8) is 0 Å². The Morgan fingerprint density at radius 3 is 2.48 bits per heavy atom. The highest BCUT2D eigenvalue weighted by Gasteiger charge is 2.13. The van der Waals surface area contributed by atoms with E-state index in [0.29, 0.717) is 31.2 Å². The largest absolute Gasteiger partial charge is 0.271 e. The molecule has 0 fully saturated rings. The van der Waals surface area contributed by atoms with E-state index in [2.05, 4.69) is 25.9 Å². The van der Waals surface area contributed by atoms with E-state index in [9.17, 15) is 4.79 Å². The van der Waals surface area contributed by atoms with Gasteiger partial charge in [-0.05, 0) is 29.5 Å². The third kappa shape index (κ3) is 4.75. The molecule has 7 nitrogen and oxygen atoms in total. The van der Waals surface area contributed by atoms with Crippen molar-refractivity contribution in [3.05, 3.63) is 62.1 Å². The zero-order valence-electron chi connectivity index (χ0n) is 13.4. The van der Waals surface area contributed by atoms with E-state index in [1.807, 2.05) is 0 Å². The molecular weight excluding hydrogens is 434 g/mol. The maximum atomic E-state index is 12.0. The molecule has 0 saturated carbocycles. The number of benzene rings is 2. The Balaban J connectivity index is 1.65. The van der Waals surface area contributed by atoms with E-state index >= 15 is 0 Å². The van der Waals surface area contributed by atoms with Crippen LogP contribution in [-0.4, -0.2) is 32.3 Å². The third-order valence-corrected chi connectivity index (χ3v) is 4.79. The number of hydrogen-bond donors (Lipinski definition) is 1. The normalized spacial score (nSPS) is 11.1. The fourth-order valence-corrected chi connectivity index (χ4v) is 2.94. The van der Waals surface area contributed by atoms with Crippen LogP contribution in [-0.2, 0) is 11.3 Å². The van der Waals surface area contributed by atoms with Gasteiger partial charge in [-0.1, -0.05) is 58.5 Å². The number of tetrazole rings is 1. The van der Waals surface area contributed by atoms with Crippen molar-refractivity contribution >= 4 is 58.5 Å². The second-order valence-corrected chi connectivity index (χ2v) is 6.77. The Hall–Kier alpha value is -2.19. The summed E-state index contributed by atoms with van der Waals surface area (Å²) in [6.07, 6.45) is 1.36. The quantitative estimate of drug-likeness (QED) is 0.475. The first-order valence-corrected chi connectivity index (χ1v) is 8.95. The van der Waals surface area contributed by atoms with Crippen molar-refractivity contribution < 1.29 is 4.79 Å². The lowest BCUT2D eigenvalue weighted by molar-refractivity contribution is -0.122. The van der Waals surface area contributed by atoms with Gasteiger partial charge < -0.3 is 0 Å². The Morgan fingerprint density at radius 1 is 1.07 bits per heavy atom. The standard InChI is InChI=1S/C16H10Cl4N6O/c17-11-4-2-5-12(18)10(11)7-21-22-14(27)8-26-24-16(23-25-26)9-3-1-6-13(19)15(9)20/h1-7H,8H2,(H,22,27). The van der Waals surface area contributed by atoms with Gasteiger partial charge in [-0.3, -0.25) is 4.79 Å². The minimum Gasteiger partial charge on any atom is -0.271 e. The summed E-state index contributed by atoms with van der Waals surface area (Å²) in [5.74, 6) is -0.211. The van der Waals surface area contributed by atoms with Gasteiger partial charge in [0.15, 0.2) is 0 Å². The monoisotopic (exact) mass is 442 g/mol. The van der Waals surface area contributed by atoms with Crippen molar-refractivity contribution in [3.8, 4) is 11.4 Å².